The largest absolute Gasteiger partial charge is 0.381 e. The summed E-state index contributed by atoms with van der Waals surface area (Å²) in [6.07, 6.45) is 10.5. The summed E-state index contributed by atoms with van der Waals surface area (Å²) in [5, 5.41) is 10.9. The van der Waals surface area contributed by atoms with Gasteiger partial charge in [0.25, 0.3) is 0 Å². The van der Waals surface area contributed by atoms with Gasteiger partial charge in [0.1, 0.15) is 0 Å². The lowest BCUT2D eigenvalue weighted by Crippen LogP contribution is -2.60. The zero-order chi connectivity index (χ0) is 28.3. The number of hydrogen-bond acceptors (Lipinski definition) is 6. The first-order valence-electron chi connectivity index (χ1n) is 15.5. The lowest BCUT2D eigenvalue weighted by atomic mass is 9.57. The number of fused-ring (bicyclic) bond motifs is 2. The molecule has 0 unspecified atom stereocenters. The average molecular weight is 563 g/mol. The van der Waals surface area contributed by atoms with E-state index in [1.165, 1.54) is 42.9 Å². The number of nitrogens with zero attached hydrogens (tertiary/aromatic N) is 5. The molecular weight excluding hydrogens is 524 g/mol. The van der Waals surface area contributed by atoms with Crippen LogP contribution in [0.1, 0.15) is 55.6 Å². The standard InChI is InChI=1S/C34H38N6O2/c1-22(41)39-10-7-32-30(19-39)33(38-40(32)27-8-11-42-12-9-27)28-4-2-3-24-14-31(37-18-29(24)28)25-5-6-26(36-17-25)13-23-15-34(16-23)20-35-21-34/h2-6,14,17-18,23,27,35H,7-13,15-16,19-21H2,1H3. The molecule has 1 saturated carbocycles. The van der Waals surface area contributed by atoms with Crippen LogP contribution in [-0.2, 0) is 28.9 Å². The Morgan fingerprint density at radius 3 is 2.69 bits per heavy atom. The van der Waals surface area contributed by atoms with E-state index in [0.29, 0.717) is 18.0 Å². The number of aromatic nitrogens is 4. The fraction of sp³-hybridized carbons (Fsp3) is 0.471. The van der Waals surface area contributed by atoms with Gasteiger partial charge in [0, 0.05) is 98.6 Å². The summed E-state index contributed by atoms with van der Waals surface area (Å²) in [5.41, 5.74) is 8.24. The monoisotopic (exact) mass is 562 g/mol. The maximum absolute atomic E-state index is 12.3. The Hall–Kier alpha value is -3.62. The summed E-state index contributed by atoms with van der Waals surface area (Å²) in [6.45, 7) is 6.93. The summed E-state index contributed by atoms with van der Waals surface area (Å²) in [4.78, 5) is 24.0. The van der Waals surface area contributed by atoms with Gasteiger partial charge < -0.3 is 15.0 Å². The van der Waals surface area contributed by atoms with Crippen LogP contribution < -0.4 is 5.32 Å². The van der Waals surface area contributed by atoms with Crippen molar-refractivity contribution in [2.75, 3.05) is 32.8 Å². The van der Waals surface area contributed by atoms with Gasteiger partial charge >= 0.3 is 0 Å². The highest BCUT2D eigenvalue weighted by atomic mass is 16.5. The van der Waals surface area contributed by atoms with Crippen LogP contribution in [0.25, 0.3) is 33.3 Å². The highest BCUT2D eigenvalue weighted by Gasteiger charge is 2.48. The molecule has 2 saturated heterocycles. The Morgan fingerprint density at radius 1 is 1.10 bits per heavy atom. The van der Waals surface area contributed by atoms with Crippen molar-refractivity contribution in [2.24, 2.45) is 11.3 Å². The lowest BCUT2D eigenvalue weighted by molar-refractivity contribution is -0.129. The van der Waals surface area contributed by atoms with Crippen LogP contribution in [0.5, 0.6) is 0 Å². The normalized spacial score (nSPS) is 20.4. The Morgan fingerprint density at radius 2 is 1.95 bits per heavy atom. The van der Waals surface area contributed by atoms with Crippen LogP contribution in [0, 0.1) is 11.3 Å². The van der Waals surface area contributed by atoms with Gasteiger partial charge in [0.15, 0.2) is 0 Å². The van der Waals surface area contributed by atoms with Crippen molar-refractivity contribution in [3.05, 3.63) is 65.7 Å². The number of nitrogens with one attached hydrogen (secondary N) is 1. The minimum atomic E-state index is 0.113. The Bertz CT molecular complexity index is 1640. The second kappa shape index (κ2) is 10.3. The molecule has 0 radical (unpaired) electrons. The lowest BCUT2D eigenvalue weighted by Gasteiger charge is -2.54. The minimum absolute atomic E-state index is 0.113. The second-order valence-corrected chi connectivity index (χ2v) is 13.0. The zero-order valence-electron chi connectivity index (χ0n) is 24.3. The second-order valence-electron chi connectivity index (χ2n) is 13.0. The smallest absolute Gasteiger partial charge is 0.219 e. The molecule has 0 bridgehead atoms. The number of amides is 1. The van der Waals surface area contributed by atoms with Crippen LogP contribution in [0.2, 0.25) is 0 Å². The molecule has 6 heterocycles. The van der Waals surface area contributed by atoms with Crippen molar-refractivity contribution in [3.8, 4) is 22.5 Å². The number of benzene rings is 1. The third kappa shape index (κ3) is 4.52. The highest BCUT2D eigenvalue weighted by Crippen LogP contribution is 2.49. The van der Waals surface area contributed by atoms with Crippen LogP contribution in [0.15, 0.2) is 48.8 Å². The molecule has 8 nitrogen and oxygen atoms in total. The van der Waals surface area contributed by atoms with Gasteiger partial charge in [-0.05, 0) is 67.0 Å². The fourth-order valence-corrected chi connectivity index (χ4v) is 7.77. The topological polar surface area (TPSA) is 85.2 Å². The molecule has 3 aromatic heterocycles. The van der Waals surface area contributed by atoms with Gasteiger partial charge in [0.2, 0.25) is 5.91 Å². The molecule has 1 aromatic carbocycles. The van der Waals surface area contributed by atoms with Crippen molar-refractivity contribution in [1.29, 1.82) is 0 Å². The summed E-state index contributed by atoms with van der Waals surface area (Å²) in [6, 6.07) is 13.3. The maximum Gasteiger partial charge on any atom is 0.219 e. The number of ether oxygens (including phenoxy) is 1. The number of rotatable bonds is 5. The number of carbonyl (C=O) groups excluding carboxylic acids is 1. The summed E-state index contributed by atoms with van der Waals surface area (Å²) >= 11 is 0. The van der Waals surface area contributed by atoms with E-state index in [1.807, 2.05) is 17.3 Å². The molecule has 216 valence electrons. The number of hydrogen-bond donors (Lipinski definition) is 1. The van der Waals surface area contributed by atoms with Gasteiger partial charge in [-0.1, -0.05) is 18.2 Å². The van der Waals surface area contributed by atoms with Crippen molar-refractivity contribution in [3.63, 3.8) is 0 Å². The summed E-state index contributed by atoms with van der Waals surface area (Å²) in [7, 11) is 0. The quantitative estimate of drug-likeness (QED) is 0.370. The molecule has 1 amide bonds. The van der Waals surface area contributed by atoms with E-state index in [0.717, 1.165) is 84.6 Å². The summed E-state index contributed by atoms with van der Waals surface area (Å²) in [5.74, 6) is 0.882. The first kappa shape index (κ1) is 26.0. The fourth-order valence-electron chi connectivity index (χ4n) is 7.77. The molecule has 0 atom stereocenters. The number of pyridine rings is 2. The van der Waals surface area contributed by atoms with Crippen molar-refractivity contribution >= 4 is 16.7 Å². The molecule has 8 heteroatoms. The molecular formula is C34H38N6O2. The van der Waals surface area contributed by atoms with Gasteiger partial charge in [-0.3, -0.25) is 19.4 Å². The highest BCUT2D eigenvalue weighted by molar-refractivity contribution is 5.97. The number of carbonyl (C=O) groups is 1. The third-order valence-electron chi connectivity index (χ3n) is 10.1. The Kier molecular flexibility index (Phi) is 6.37. The molecule has 1 N–H and O–H groups in total. The van der Waals surface area contributed by atoms with Gasteiger partial charge in [-0.2, -0.15) is 5.10 Å². The van der Waals surface area contributed by atoms with Crippen LogP contribution >= 0.6 is 0 Å². The van der Waals surface area contributed by atoms with Gasteiger partial charge in [0.05, 0.1) is 17.4 Å². The van der Waals surface area contributed by atoms with E-state index in [-0.39, 0.29) is 5.91 Å². The molecule has 3 fully saturated rings. The molecule has 8 rings (SSSR count). The van der Waals surface area contributed by atoms with E-state index >= 15 is 0 Å². The van der Waals surface area contributed by atoms with Crippen molar-refractivity contribution in [2.45, 2.75) is 58.0 Å². The molecule has 1 spiro atoms. The van der Waals surface area contributed by atoms with Crippen molar-refractivity contribution < 1.29 is 9.53 Å². The van der Waals surface area contributed by atoms with E-state index in [1.54, 1.807) is 6.92 Å². The Balaban J connectivity index is 1.10. The van der Waals surface area contributed by atoms with Gasteiger partial charge in [-0.25, -0.2) is 0 Å². The maximum atomic E-state index is 12.3. The SMILES string of the molecule is CC(=O)N1CCc2c(c(-c3cccc4cc(-c5ccc(CC6CC7(CNC7)C6)nc5)ncc34)nn2C2CCOCC2)C1. The summed E-state index contributed by atoms with van der Waals surface area (Å²) < 4.78 is 7.90. The predicted molar refractivity (Wildman–Crippen MR) is 162 cm³/mol. The minimum Gasteiger partial charge on any atom is -0.381 e. The molecule has 4 aromatic rings. The average Bonchev–Trinajstić information content (AvgIpc) is 3.37. The van der Waals surface area contributed by atoms with E-state index in [4.69, 9.17) is 19.8 Å². The molecule has 3 aliphatic heterocycles. The van der Waals surface area contributed by atoms with E-state index in [2.05, 4.69) is 46.4 Å². The molecule has 42 heavy (non-hydrogen) atoms. The first-order chi connectivity index (χ1) is 20.6. The van der Waals surface area contributed by atoms with E-state index < -0.39 is 0 Å². The van der Waals surface area contributed by atoms with Crippen LogP contribution in [-0.4, -0.2) is 63.4 Å². The molecule has 1 aliphatic carbocycles. The first-order valence-corrected chi connectivity index (χ1v) is 15.5. The van der Waals surface area contributed by atoms with Crippen LogP contribution in [0.3, 0.4) is 0 Å². The third-order valence-corrected chi connectivity index (χ3v) is 10.1. The van der Waals surface area contributed by atoms with E-state index in [9.17, 15) is 4.79 Å². The van der Waals surface area contributed by atoms with Crippen LogP contribution in [0.4, 0.5) is 0 Å². The Labute approximate surface area is 246 Å². The zero-order valence-corrected chi connectivity index (χ0v) is 24.3. The molecule has 4 aliphatic rings. The predicted octanol–water partition coefficient (Wildman–Crippen LogP) is 4.96. The van der Waals surface area contributed by atoms with Gasteiger partial charge in [-0.15, -0.1) is 0 Å². The van der Waals surface area contributed by atoms with Crippen molar-refractivity contribution in [1.82, 2.24) is 30.0 Å².